The van der Waals surface area contributed by atoms with Crippen molar-refractivity contribution in [2.45, 2.75) is 46.1 Å². The second kappa shape index (κ2) is 5.50. The van der Waals surface area contributed by atoms with E-state index in [0.29, 0.717) is 6.42 Å². The highest BCUT2D eigenvalue weighted by atomic mass is 16.6. The highest BCUT2D eigenvalue weighted by molar-refractivity contribution is 6.01. The van der Waals surface area contributed by atoms with Gasteiger partial charge in [0.15, 0.2) is 5.78 Å². The maximum Gasteiger partial charge on any atom is 0.331 e. The predicted octanol–water partition coefficient (Wildman–Crippen LogP) is 1.84. The Bertz CT molecular complexity index is 283. The van der Waals surface area contributed by atoms with Crippen LogP contribution >= 0.6 is 0 Å². The Morgan fingerprint density at radius 3 is 2.27 bits per heavy atom. The van der Waals surface area contributed by atoms with Crippen LogP contribution in [0.2, 0.25) is 0 Å². The van der Waals surface area contributed by atoms with Crippen LogP contribution in [0.1, 0.15) is 40.5 Å². The van der Waals surface area contributed by atoms with E-state index in [-0.39, 0.29) is 12.2 Å². The molecule has 0 heterocycles. The van der Waals surface area contributed by atoms with E-state index in [2.05, 4.69) is 0 Å². The van der Waals surface area contributed by atoms with Gasteiger partial charge in [0.05, 0.1) is 6.07 Å². The number of Topliss-reactive ketones (excluding diaryl/α,β-unsaturated/α-hetero) is 1. The summed E-state index contributed by atoms with van der Waals surface area (Å²) in [6.45, 7) is 6.91. The number of nitrogens with zero attached hydrogens (tertiary/aromatic N) is 1. The zero-order chi connectivity index (χ0) is 12.1. The zero-order valence-corrected chi connectivity index (χ0v) is 9.66. The van der Waals surface area contributed by atoms with Crippen LogP contribution in [0.15, 0.2) is 0 Å². The monoisotopic (exact) mass is 211 g/mol. The number of esters is 1. The van der Waals surface area contributed by atoms with Crippen LogP contribution in [0.25, 0.3) is 0 Å². The van der Waals surface area contributed by atoms with Crippen LogP contribution in [-0.2, 0) is 14.3 Å². The Morgan fingerprint density at radius 2 is 1.93 bits per heavy atom. The van der Waals surface area contributed by atoms with Crippen molar-refractivity contribution in [1.82, 2.24) is 0 Å². The lowest BCUT2D eigenvalue weighted by Gasteiger charge is -2.20. The molecule has 0 N–H and O–H groups in total. The van der Waals surface area contributed by atoms with Gasteiger partial charge in [0, 0.05) is 6.42 Å². The molecule has 0 aromatic heterocycles. The Labute approximate surface area is 90.2 Å². The molecule has 0 rings (SSSR count). The van der Waals surface area contributed by atoms with Gasteiger partial charge in [-0.1, -0.05) is 6.92 Å². The molecule has 0 aromatic rings. The topological polar surface area (TPSA) is 67.2 Å². The summed E-state index contributed by atoms with van der Waals surface area (Å²) in [5.74, 6) is -2.39. The molecule has 0 aliphatic heterocycles. The average Bonchev–Trinajstić information content (AvgIpc) is 2.02. The second-order valence-corrected chi connectivity index (χ2v) is 4.31. The van der Waals surface area contributed by atoms with Crippen molar-refractivity contribution in [2.75, 3.05) is 0 Å². The summed E-state index contributed by atoms with van der Waals surface area (Å²) >= 11 is 0. The number of rotatable bonds is 4. The molecule has 0 saturated carbocycles. The Kier molecular flexibility index (Phi) is 4.99. The average molecular weight is 211 g/mol. The molecule has 1 unspecified atom stereocenters. The third kappa shape index (κ3) is 5.16. The molecule has 1 atom stereocenters. The molecule has 0 fully saturated rings. The van der Waals surface area contributed by atoms with Crippen molar-refractivity contribution in [2.24, 2.45) is 5.92 Å². The Hall–Kier alpha value is -1.37. The summed E-state index contributed by atoms with van der Waals surface area (Å²) in [4.78, 5) is 22.8. The van der Waals surface area contributed by atoms with Gasteiger partial charge in [-0.2, -0.15) is 5.26 Å². The maximum absolute atomic E-state index is 11.4. The third-order valence-corrected chi connectivity index (χ3v) is 1.59. The number of hydrogen-bond donors (Lipinski definition) is 0. The number of ether oxygens (including phenoxy) is 1. The van der Waals surface area contributed by atoms with Crippen molar-refractivity contribution in [3.05, 3.63) is 0 Å². The molecular formula is C11H17NO3. The lowest BCUT2D eigenvalue weighted by Crippen LogP contribution is -2.31. The molecule has 15 heavy (non-hydrogen) atoms. The Morgan fingerprint density at radius 1 is 1.40 bits per heavy atom. The van der Waals surface area contributed by atoms with Crippen molar-refractivity contribution in [3.8, 4) is 6.07 Å². The molecule has 0 aromatic carbocycles. The summed E-state index contributed by atoms with van der Waals surface area (Å²) in [7, 11) is 0. The van der Waals surface area contributed by atoms with Crippen molar-refractivity contribution < 1.29 is 14.3 Å². The summed E-state index contributed by atoms with van der Waals surface area (Å²) in [5, 5.41) is 8.72. The highest BCUT2D eigenvalue weighted by Crippen LogP contribution is 2.13. The number of carbonyl (C=O) groups excluding carboxylic acids is 2. The molecule has 0 spiro atoms. The molecule has 0 saturated heterocycles. The molecule has 0 aliphatic carbocycles. The van der Waals surface area contributed by atoms with Gasteiger partial charge in [0.25, 0.3) is 0 Å². The first-order chi connectivity index (χ1) is 6.81. The quantitative estimate of drug-likeness (QED) is 0.525. The molecule has 0 aliphatic rings. The fourth-order valence-corrected chi connectivity index (χ4v) is 1.01. The van der Waals surface area contributed by atoms with Gasteiger partial charge < -0.3 is 4.74 Å². The van der Waals surface area contributed by atoms with E-state index >= 15 is 0 Å². The maximum atomic E-state index is 11.4. The largest absolute Gasteiger partial charge is 0.459 e. The van der Waals surface area contributed by atoms with E-state index in [9.17, 15) is 9.59 Å². The van der Waals surface area contributed by atoms with Gasteiger partial charge in [-0.05, 0) is 27.2 Å². The van der Waals surface area contributed by atoms with Gasteiger partial charge in [0.2, 0.25) is 5.92 Å². The van der Waals surface area contributed by atoms with Gasteiger partial charge in [-0.3, -0.25) is 9.59 Å². The lowest BCUT2D eigenvalue weighted by molar-refractivity contribution is -0.159. The standard InChI is InChI=1S/C11H17NO3/c1-5-6-9(13)8(7-12)10(14)15-11(2,3)4/h8H,5-6H2,1-4H3. The van der Waals surface area contributed by atoms with Crippen LogP contribution in [0.4, 0.5) is 0 Å². The molecule has 84 valence electrons. The van der Waals surface area contributed by atoms with E-state index in [4.69, 9.17) is 10.00 Å². The fourth-order valence-electron chi connectivity index (χ4n) is 1.01. The number of ketones is 1. The van der Waals surface area contributed by atoms with Crippen molar-refractivity contribution >= 4 is 11.8 Å². The van der Waals surface area contributed by atoms with Gasteiger partial charge in [-0.15, -0.1) is 0 Å². The Balaban J connectivity index is 4.50. The molecule has 0 radical (unpaired) electrons. The first-order valence-electron chi connectivity index (χ1n) is 4.97. The normalized spacial score (nSPS) is 12.7. The highest BCUT2D eigenvalue weighted by Gasteiger charge is 2.30. The SMILES string of the molecule is CCCC(=O)C(C#N)C(=O)OC(C)(C)C. The zero-order valence-electron chi connectivity index (χ0n) is 9.66. The van der Waals surface area contributed by atoms with Crippen LogP contribution in [0.3, 0.4) is 0 Å². The molecule has 4 nitrogen and oxygen atoms in total. The van der Waals surface area contributed by atoms with Crippen molar-refractivity contribution in [3.63, 3.8) is 0 Å². The lowest BCUT2D eigenvalue weighted by atomic mass is 10.0. The van der Waals surface area contributed by atoms with E-state index in [1.807, 2.05) is 6.92 Å². The molecule has 0 amide bonds. The smallest absolute Gasteiger partial charge is 0.331 e. The molecule has 4 heteroatoms. The van der Waals surface area contributed by atoms with Crippen molar-refractivity contribution in [1.29, 1.82) is 5.26 Å². The van der Waals surface area contributed by atoms with Gasteiger partial charge >= 0.3 is 5.97 Å². The van der Waals surface area contributed by atoms with E-state index in [1.54, 1.807) is 26.8 Å². The number of nitriles is 1. The van der Waals surface area contributed by atoms with Crippen LogP contribution < -0.4 is 0 Å². The summed E-state index contributed by atoms with van der Waals surface area (Å²) in [6.07, 6.45) is 0.858. The first kappa shape index (κ1) is 13.6. The number of hydrogen-bond acceptors (Lipinski definition) is 4. The minimum Gasteiger partial charge on any atom is -0.459 e. The van der Waals surface area contributed by atoms with E-state index < -0.39 is 17.5 Å². The van der Waals surface area contributed by atoms with E-state index in [1.165, 1.54) is 0 Å². The van der Waals surface area contributed by atoms with Gasteiger partial charge in [0.1, 0.15) is 5.60 Å². The minimum absolute atomic E-state index is 0.234. The molecular weight excluding hydrogens is 194 g/mol. The summed E-state index contributed by atoms with van der Waals surface area (Å²) in [5.41, 5.74) is -0.668. The second-order valence-electron chi connectivity index (χ2n) is 4.31. The van der Waals surface area contributed by atoms with E-state index in [0.717, 1.165) is 0 Å². The number of carbonyl (C=O) groups is 2. The van der Waals surface area contributed by atoms with Gasteiger partial charge in [-0.25, -0.2) is 0 Å². The third-order valence-electron chi connectivity index (χ3n) is 1.59. The minimum atomic E-state index is -1.27. The predicted molar refractivity (Wildman–Crippen MR) is 54.9 cm³/mol. The fraction of sp³-hybridized carbons (Fsp3) is 0.727. The van der Waals surface area contributed by atoms with Crippen LogP contribution in [0, 0.1) is 17.2 Å². The summed E-state index contributed by atoms with van der Waals surface area (Å²) < 4.78 is 4.98. The molecule has 0 bridgehead atoms. The van der Waals surface area contributed by atoms with Crippen LogP contribution in [0.5, 0.6) is 0 Å². The van der Waals surface area contributed by atoms with Crippen LogP contribution in [-0.4, -0.2) is 17.4 Å². The first-order valence-corrected chi connectivity index (χ1v) is 4.97. The summed E-state index contributed by atoms with van der Waals surface area (Å²) in [6, 6.07) is 1.68.